The summed E-state index contributed by atoms with van der Waals surface area (Å²) in [5.74, 6) is 1.12. The van der Waals surface area contributed by atoms with Gasteiger partial charge in [-0.05, 0) is 36.7 Å². The monoisotopic (exact) mass is 303 g/mol. The van der Waals surface area contributed by atoms with Crippen LogP contribution < -0.4 is 15.8 Å². The largest absolute Gasteiger partial charge is 0.477 e. The van der Waals surface area contributed by atoms with E-state index in [0.717, 1.165) is 30.6 Å². The molecule has 3 rings (SSSR count). The second-order valence-corrected chi connectivity index (χ2v) is 5.64. The normalized spacial score (nSPS) is 17.9. The molecule has 2 heterocycles. The number of nitrogens with zero attached hydrogens (tertiary/aromatic N) is 1. The van der Waals surface area contributed by atoms with Crippen LogP contribution in [0.15, 0.2) is 36.4 Å². The van der Waals surface area contributed by atoms with E-state index in [-0.39, 0.29) is 0 Å². The summed E-state index contributed by atoms with van der Waals surface area (Å²) in [5, 5.41) is 3.75. The second-order valence-electron chi connectivity index (χ2n) is 5.28. The first-order valence-corrected chi connectivity index (χ1v) is 7.46. The number of anilines is 1. The van der Waals surface area contributed by atoms with Gasteiger partial charge in [-0.3, -0.25) is 0 Å². The molecule has 4 nitrogen and oxygen atoms in total. The summed E-state index contributed by atoms with van der Waals surface area (Å²) < 4.78 is 5.73. The lowest BCUT2D eigenvalue weighted by Gasteiger charge is -2.11. The molecule has 0 saturated carbocycles. The Labute approximate surface area is 129 Å². The van der Waals surface area contributed by atoms with E-state index in [1.165, 1.54) is 0 Å². The molecular formula is C16H18ClN3O. The lowest BCUT2D eigenvalue weighted by atomic mass is 10.1. The van der Waals surface area contributed by atoms with E-state index in [1.807, 2.05) is 36.4 Å². The van der Waals surface area contributed by atoms with Crippen molar-refractivity contribution >= 4 is 17.3 Å². The van der Waals surface area contributed by atoms with E-state index in [2.05, 4.69) is 10.3 Å². The molecule has 2 aromatic rings. The fraction of sp³-hybridized carbons (Fsp3) is 0.312. The maximum absolute atomic E-state index is 6.27. The van der Waals surface area contributed by atoms with E-state index in [4.69, 9.17) is 22.1 Å². The number of halogens is 1. The molecule has 3 N–H and O–H groups in total. The maximum Gasteiger partial charge on any atom is 0.214 e. The number of nitrogens with one attached hydrogen (secondary N) is 1. The molecule has 1 aromatic carbocycles. The van der Waals surface area contributed by atoms with Gasteiger partial charge < -0.3 is 15.8 Å². The molecule has 1 aliphatic heterocycles. The van der Waals surface area contributed by atoms with Crippen LogP contribution in [0.1, 0.15) is 6.42 Å². The quantitative estimate of drug-likeness (QED) is 0.673. The third-order valence-corrected chi connectivity index (χ3v) is 3.94. The van der Waals surface area contributed by atoms with Gasteiger partial charge in [-0.25, -0.2) is 4.98 Å². The Kier molecular flexibility index (Phi) is 4.27. The maximum atomic E-state index is 6.27. The number of benzene rings is 1. The molecule has 0 spiro atoms. The Bertz CT molecular complexity index is 627. The molecule has 21 heavy (non-hydrogen) atoms. The Morgan fingerprint density at radius 3 is 2.95 bits per heavy atom. The first kappa shape index (κ1) is 14.2. The minimum absolute atomic E-state index is 0.433. The summed E-state index contributed by atoms with van der Waals surface area (Å²) in [6, 6.07) is 11.4. The van der Waals surface area contributed by atoms with Gasteiger partial charge in [-0.1, -0.05) is 23.7 Å². The Hall–Kier alpha value is -1.78. The lowest BCUT2D eigenvalue weighted by Crippen LogP contribution is -2.15. The third kappa shape index (κ3) is 3.46. The second kappa shape index (κ2) is 6.33. The van der Waals surface area contributed by atoms with Gasteiger partial charge in [0.15, 0.2) is 0 Å². The van der Waals surface area contributed by atoms with Gasteiger partial charge in [0, 0.05) is 29.8 Å². The van der Waals surface area contributed by atoms with Crippen LogP contribution in [0.5, 0.6) is 5.88 Å². The fourth-order valence-electron chi connectivity index (χ4n) is 2.48. The molecule has 110 valence electrons. The van der Waals surface area contributed by atoms with Crippen LogP contribution >= 0.6 is 11.6 Å². The highest BCUT2D eigenvalue weighted by Crippen LogP contribution is 2.29. The van der Waals surface area contributed by atoms with Crippen LogP contribution in [0, 0.1) is 5.92 Å². The molecule has 5 heteroatoms. The molecule has 1 atom stereocenters. The van der Waals surface area contributed by atoms with Crippen LogP contribution in [0.3, 0.4) is 0 Å². The zero-order valence-electron chi connectivity index (χ0n) is 11.7. The van der Waals surface area contributed by atoms with E-state index in [9.17, 15) is 0 Å². The van der Waals surface area contributed by atoms with Crippen LogP contribution in [-0.4, -0.2) is 24.7 Å². The van der Waals surface area contributed by atoms with Gasteiger partial charge >= 0.3 is 0 Å². The summed E-state index contributed by atoms with van der Waals surface area (Å²) in [4.78, 5) is 4.32. The topological polar surface area (TPSA) is 60.2 Å². The van der Waals surface area contributed by atoms with Crippen molar-refractivity contribution in [2.75, 3.05) is 25.4 Å². The standard InChI is InChI=1S/C16H18ClN3O/c17-16-14(12-2-1-3-13(18)8-12)4-5-15(20-16)21-10-11-6-7-19-9-11/h1-5,8,11,19H,6-7,9-10,18H2/t11-/m1/s1. The van der Waals surface area contributed by atoms with E-state index < -0.39 is 0 Å². The number of hydrogen-bond acceptors (Lipinski definition) is 4. The number of rotatable bonds is 4. The number of aromatic nitrogens is 1. The average Bonchev–Trinajstić information content (AvgIpc) is 2.98. The Morgan fingerprint density at radius 2 is 2.24 bits per heavy atom. The van der Waals surface area contributed by atoms with Crippen molar-refractivity contribution in [1.29, 1.82) is 0 Å². The SMILES string of the molecule is Nc1cccc(-c2ccc(OC[C@@H]3CCNC3)nc2Cl)c1. The van der Waals surface area contributed by atoms with E-state index in [0.29, 0.717) is 29.2 Å². The van der Waals surface area contributed by atoms with E-state index >= 15 is 0 Å². The molecule has 0 radical (unpaired) electrons. The molecule has 1 fully saturated rings. The molecule has 0 bridgehead atoms. The van der Waals surface area contributed by atoms with Gasteiger partial charge in [0.05, 0.1) is 6.61 Å². The summed E-state index contributed by atoms with van der Waals surface area (Å²) in [6.07, 6.45) is 1.15. The number of ether oxygens (including phenoxy) is 1. The van der Waals surface area contributed by atoms with Crippen molar-refractivity contribution in [1.82, 2.24) is 10.3 Å². The predicted octanol–water partition coefficient (Wildman–Crippen LogP) is 2.97. The fourth-order valence-corrected chi connectivity index (χ4v) is 2.73. The number of nitrogens with two attached hydrogens (primary N) is 1. The minimum atomic E-state index is 0.433. The highest BCUT2D eigenvalue weighted by Gasteiger charge is 2.15. The van der Waals surface area contributed by atoms with Gasteiger partial charge in [-0.2, -0.15) is 0 Å². The molecule has 1 aromatic heterocycles. The minimum Gasteiger partial charge on any atom is -0.477 e. The predicted molar refractivity (Wildman–Crippen MR) is 85.6 cm³/mol. The molecule has 1 aliphatic rings. The summed E-state index contributed by atoms with van der Waals surface area (Å²) in [7, 11) is 0. The van der Waals surface area contributed by atoms with Crippen molar-refractivity contribution in [2.24, 2.45) is 5.92 Å². The Balaban J connectivity index is 1.73. The van der Waals surface area contributed by atoms with Crippen molar-refractivity contribution < 1.29 is 4.74 Å². The van der Waals surface area contributed by atoms with Gasteiger partial charge in [0.1, 0.15) is 5.15 Å². The van der Waals surface area contributed by atoms with Gasteiger partial charge in [0.2, 0.25) is 5.88 Å². The Morgan fingerprint density at radius 1 is 1.33 bits per heavy atom. The number of hydrogen-bond donors (Lipinski definition) is 2. The van der Waals surface area contributed by atoms with Gasteiger partial charge in [0.25, 0.3) is 0 Å². The van der Waals surface area contributed by atoms with E-state index in [1.54, 1.807) is 0 Å². The smallest absolute Gasteiger partial charge is 0.214 e. The van der Waals surface area contributed by atoms with Crippen LogP contribution in [0.4, 0.5) is 5.69 Å². The van der Waals surface area contributed by atoms with Crippen molar-refractivity contribution in [2.45, 2.75) is 6.42 Å². The molecule has 0 unspecified atom stereocenters. The van der Waals surface area contributed by atoms with Crippen molar-refractivity contribution in [3.63, 3.8) is 0 Å². The summed E-state index contributed by atoms with van der Waals surface area (Å²) >= 11 is 6.27. The lowest BCUT2D eigenvalue weighted by molar-refractivity contribution is 0.251. The van der Waals surface area contributed by atoms with Crippen LogP contribution in [0.2, 0.25) is 5.15 Å². The molecular weight excluding hydrogens is 286 g/mol. The highest BCUT2D eigenvalue weighted by atomic mass is 35.5. The van der Waals surface area contributed by atoms with Gasteiger partial charge in [-0.15, -0.1) is 0 Å². The number of pyridine rings is 1. The van der Waals surface area contributed by atoms with Crippen LogP contribution in [0.25, 0.3) is 11.1 Å². The average molecular weight is 304 g/mol. The van der Waals surface area contributed by atoms with Crippen molar-refractivity contribution in [3.8, 4) is 17.0 Å². The van der Waals surface area contributed by atoms with Crippen LogP contribution in [-0.2, 0) is 0 Å². The zero-order chi connectivity index (χ0) is 14.7. The third-order valence-electron chi connectivity index (χ3n) is 3.65. The molecule has 0 aliphatic carbocycles. The van der Waals surface area contributed by atoms with Crippen molar-refractivity contribution in [3.05, 3.63) is 41.6 Å². The molecule has 0 amide bonds. The number of nitrogen functional groups attached to an aromatic ring is 1. The zero-order valence-corrected chi connectivity index (χ0v) is 12.4. The highest BCUT2D eigenvalue weighted by molar-refractivity contribution is 6.32. The first-order valence-electron chi connectivity index (χ1n) is 7.08. The molecule has 1 saturated heterocycles. The summed E-state index contributed by atoms with van der Waals surface area (Å²) in [6.45, 7) is 2.75. The summed E-state index contributed by atoms with van der Waals surface area (Å²) in [5.41, 5.74) is 8.32. The first-order chi connectivity index (χ1) is 10.2.